The van der Waals surface area contributed by atoms with E-state index in [2.05, 4.69) is 5.32 Å². The lowest BCUT2D eigenvalue weighted by atomic mass is 9.86. The van der Waals surface area contributed by atoms with Crippen LogP contribution >= 0.6 is 35.6 Å². The van der Waals surface area contributed by atoms with Gasteiger partial charge in [0.2, 0.25) is 0 Å². The number of amides is 1. The van der Waals surface area contributed by atoms with E-state index in [1.807, 2.05) is 4.90 Å². The van der Waals surface area contributed by atoms with Crippen molar-refractivity contribution in [3.05, 3.63) is 33.8 Å². The van der Waals surface area contributed by atoms with Crippen molar-refractivity contribution >= 4 is 41.5 Å². The third-order valence-electron chi connectivity index (χ3n) is 4.23. The Labute approximate surface area is 135 Å². The monoisotopic (exact) mass is 334 g/mol. The van der Waals surface area contributed by atoms with Gasteiger partial charge in [-0.15, -0.1) is 12.4 Å². The van der Waals surface area contributed by atoms with E-state index in [9.17, 15) is 4.79 Å². The molecule has 3 nitrogen and oxygen atoms in total. The average molecular weight is 336 g/mol. The molecular formula is C14H17Cl3N2O. The summed E-state index contributed by atoms with van der Waals surface area (Å²) in [5, 5.41) is 4.25. The van der Waals surface area contributed by atoms with Crippen LogP contribution in [0.3, 0.4) is 0 Å². The zero-order valence-corrected chi connectivity index (χ0v) is 13.3. The lowest BCUT2D eigenvalue weighted by Gasteiger charge is -2.23. The van der Waals surface area contributed by atoms with E-state index in [4.69, 9.17) is 23.2 Å². The summed E-state index contributed by atoms with van der Waals surface area (Å²) < 4.78 is 0. The molecule has 0 aliphatic carbocycles. The summed E-state index contributed by atoms with van der Waals surface area (Å²) >= 11 is 12.2. The predicted molar refractivity (Wildman–Crippen MR) is 84.2 cm³/mol. The first-order valence-corrected chi connectivity index (χ1v) is 7.31. The number of rotatable bonds is 1. The fourth-order valence-corrected chi connectivity index (χ4v) is 3.67. The molecule has 20 heavy (non-hydrogen) atoms. The van der Waals surface area contributed by atoms with Crippen molar-refractivity contribution in [2.75, 3.05) is 26.2 Å². The van der Waals surface area contributed by atoms with Crippen LogP contribution in [0.15, 0.2) is 18.2 Å². The highest BCUT2D eigenvalue weighted by Gasteiger charge is 2.42. The minimum absolute atomic E-state index is 0. The Morgan fingerprint density at radius 1 is 1.25 bits per heavy atom. The molecule has 2 heterocycles. The van der Waals surface area contributed by atoms with Gasteiger partial charge >= 0.3 is 0 Å². The molecule has 0 saturated carbocycles. The maximum atomic E-state index is 12.6. The molecule has 2 aliphatic rings. The molecule has 1 amide bonds. The highest BCUT2D eigenvalue weighted by Crippen LogP contribution is 2.37. The summed E-state index contributed by atoms with van der Waals surface area (Å²) in [7, 11) is 0. The number of carbonyl (C=O) groups excluding carboxylic acids is 1. The van der Waals surface area contributed by atoms with Crippen LogP contribution in [0, 0.1) is 5.41 Å². The Morgan fingerprint density at radius 3 is 2.55 bits per heavy atom. The number of carbonyl (C=O) groups is 1. The summed E-state index contributed by atoms with van der Waals surface area (Å²) in [4.78, 5) is 14.5. The molecule has 0 radical (unpaired) electrons. The molecule has 1 unspecified atom stereocenters. The van der Waals surface area contributed by atoms with E-state index < -0.39 is 0 Å². The van der Waals surface area contributed by atoms with Gasteiger partial charge in [-0.2, -0.15) is 0 Å². The van der Waals surface area contributed by atoms with Gasteiger partial charge in [-0.1, -0.05) is 29.3 Å². The Kier molecular flexibility index (Phi) is 4.85. The number of halogens is 3. The van der Waals surface area contributed by atoms with Gasteiger partial charge in [-0.3, -0.25) is 4.79 Å². The lowest BCUT2D eigenvalue weighted by Crippen LogP contribution is -2.33. The zero-order chi connectivity index (χ0) is 13.5. The topological polar surface area (TPSA) is 32.3 Å². The quantitative estimate of drug-likeness (QED) is 0.854. The van der Waals surface area contributed by atoms with Crippen LogP contribution in [0.2, 0.25) is 10.0 Å². The Bertz CT molecular complexity index is 495. The summed E-state index contributed by atoms with van der Waals surface area (Å²) in [6.45, 7) is 3.66. The Morgan fingerprint density at radius 2 is 1.95 bits per heavy atom. The van der Waals surface area contributed by atoms with Gasteiger partial charge in [-0.25, -0.2) is 0 Å². The molecule has 1 aromatic carbocycles. The van der Waals surface area contributed by atoms with Crippen LogP contribution in [0.25, 0.3) is 0 Å². The smallest absolute Gasteiger partial charge is 0.256 e. The fourth-order valence-electron chi connectivity index (χ4n) is 3.11. The highest BCUT2D eigenvalue weighted by molar-refractivity contribution is 6.39. The molecule has 1 spiro atoms. The van der Waals surface area contributed by atoms with E-state index in [1.165, 1.54) is 0 Å². The van der Waals surface area contributed by atoms with Gasteiger partial charge in [0.05, 0.1) is 15.6 Å². The largest absolute Gasteiger partial charge is 0.338 e. The number of hydrogen-bond donors (Lipinski definition) is 1. The maximum Gasteiger partial charge on any atom is 0.256 e. The van der Waals surface area contributed by atoms with E-state index in [0.717, 1.165) is 39.0 Å². The second-order valence-corrected chi connectivity index (χ2v) is 6.31. The van der Waals surface area contributed by atoms with Crippen molar-refractivity contribution in [2.45, 2.75) is 12.8 Å². The number of hydrogen-bond acceptors (Lipinski definition) is 2. The first-order chi connectivity index (χ1) is 9.11. The number of likely N-dealkylation sites (tertiary alicyclic amines) is 1. The van der Waals surface area contributed by atoms with Crippen LogP contribution in [0.4, 0.5) is 0 Å². The Hall–Kier alpha value is -0.480. The van der Waals surface area contributed by atoms with Gasteiger partial charge < -0.3 is 10.2 Å². The zero-order valence-electron chi connectivity index (χ0n) is 11.0. The molecule has 1 aromatic rings. The molecule has 1 N–H and O–H groups in total. The van der Waals surface area contributed by atoms with Gasteiger partial charge in [0.15, 0.2) is 0 Å². The van der Waals surface area contributed by atoms with Crippen molar-refractivity contribution < 1.29 is 4.79 Å². The number of nitrogens with one attached hydrogen (secondary N) is 1. The lowest BCUT2D eigenvalue weighted by molar-refractivity contribution is 0.0776. The minimum Gasteiger partial charge on any atom is -0.338 e. The van der Waals surface area contributed by atoms with Crippen LogP contribution < -0.4 is 5.32 Å². The van der Waals surface area contributed by atoms with E-state index in [0.29, 0.717) is 15.6 Å². The van der Waals surface area contributed by atoms with Crippen LogP contribution in [0.1, 0.15) is 23.2 Å². The van der Waals surface area contributed by atoms with Crippen molar-refractivity contribution in [1.29, 1.82) is 0 Å². The molecule has 2 saturated heterocycles. The average Bonchev–Trinajstić information content (AvgIpc) is 3.00. The first kappa shape index (κ1) is 15.9. The molecule has 2 aliphatic heterocycles. The van der Waals surface area contributed by atoms with Gasteiger partial charge in [0, 0.05) is 25.0 Å². The van der Waals surface area contributed by atoms with Gasteiger partial charge in [0.25, 0.3) is 5.91 Å². The fraction of sp³-hybridized carbons (Fsp3) is 0.500. The standard InChI is InChI=1S/C14H16Cl2N2O.ClH/c15-10-2-1-3-11(16)12(10)13(19)18-7-5-14(9-18)4-6-17-8-14;/h1-3,17H,4-9H2;1H. The van der Waals surface area contributed by atoms with E-state index in [1.54, 1.807) is 18.2 Å². The second-order valence-electron chi connectivity index (χ2n) is 5.50. The summed E-state index contributed by atoms with van der Waals surface area (Å²) in [6.07, 6.45) is 2.21. The minimum atomic E-state index is -0.0422. The molecular weight excluding hydrogens is 319 g/mol. The Balaban J connectivity index is 0.00000147. The molecule has 3 rings (SSSR count). The molecule has 0 bridgehead atoms. The molecule has 1 atom stereocenters. The second kappa shape index (κ2) is 6.10. The predicted octanol–water partition coefficient (Wildman–Crippen LogP) is 3.24. The highest BCUT2D eigenvalue weighted by atomic mass is 35.5. The van der Waals surface area contributed by atoms with Gasteiger partial charge in [0.1, 0.15) is 0 Å². The van der Waals surface area contributed by atoms with Crippen LogP contribution in [0.5, 0.6) is 0 Å². The van der Waals surface area contributed by atoms with E-state index >= 15 is 0 Å². The van der Waals surface area contributed by atoms with Crippen LogP contribution in [-0.2, 0) is 0 Å². The molecule has 0 aromatic heterocycles. The molecule has 2 fully saturated rings. The number of nitrogens with zero attached hydrogens (tertiary/aromatic N) is 1. The third kappa shape index (κ3) is 2.77. The van der Waals surface area contributed by atoms with Crippen molar-refractivity contribution in [2.24, 2.45) is 5.41 Å². The molecule has 110 valence electrons. The van der Waals surface area contributed by atoms with Crippen molar-refractivity contribution in [3.63, 3.8) is 0 Å². The maximum absolute atomic E-state index is 12.6. The normalized spacial score (nSPS) is 25.0. The summed E-state index contributed by atoms with van der Waals surface area (Å²) in [5.74, 6) is -0.0422. The molecule has 6 heteroatoms. The van der Waals surface area contributed by atoms with Crippen molar-refractivity contribution in [3.8, 4) is 0 Å². The first-order valence-electron chi connectivity index (χ1n) is 6.55. The third-order valence-corrected chi connectivity index (χ3v) is 4.86. The summed E-state index contributed by atoms with van der Waals surface area (Å²) in [5.41, 5.74) is 0.706. The SMILES string of the molecule is Cl.O=C(c1c(Cl)cccc1Cl)N1CCC2(CCNC2)C1. The van der Waals surface area contributed by atoms with Gasteiger partial charge in [-0.05, 0) is 31.5 Å². The van der Waals surface area contributed by atoms with Crippen LogP contribution in [-0.4, -0.2) is 37.0 Å². The van der Waals surface area contributed by atoms with Crippen molar-refractivity contribution in [1.82, 2.24) is 10.2 Å². The number of benzene rings is 1. The summed E-state index contributed by atoms with van der Waals surface area (Å²) in [6, 6.07) is 5.18. The van der Waals surface area contributed by atoms with E-state index in [-0.39, 0.29) is 23.7 Å².